The Morgan fingerprint density at radius 1 is 1.13 bits per heavy atom. The van der Waals surface area contributed by atoms with Gasteiger partial charge in [0.1, 0.15) is 0 Å². The lowest BCUT2D eigenvalue weighted by Gasteiger charge is -2.31. The SMILES string of the molecule is NC(=O)C1CCCN(Cc2ccccc2NC(=O)CCCc2ccc(Cl)c(Cl)c2)C1. The second kappa shape index (κ2) is 10.8. The van der Waals surface area contributed by atoms with E-state index in [4.69, 9.17) is 28.9 Å². The lowest BCUT2D eigenvalue weighted by molar-refractivity contribution is -0.123. The Morgan fingerprint density at radius 3 is 2.70 bits per heavy atom. The number of likely N-dealkylation sites (tertiary alicyclic amines) is 1. The first-order valence-electron chi connectivity index (χ1n) is 10.3. The normalized spacial score (nSPS) is 16.9. The maximum atomic E-state index is 12.5. The summed E-state index contributed by atoms with van der Waals surface area (Å²) in [6, 6.07) is 13.4. The second-order valence-electron chi connectivity index (χ2n) is 7.78. The number of carbonyl (C=O) groups is 2. The number of nitrogens with zero attached hydrogens (tertiary/aromatic N) is 1. The van der Waals surface area contributed by atoms with Crippen LogP contribution in [0.25, 0.3) is 0 Å². The van der Waals surface area contributed by atoms with Gasteiger partial charge in [0.05, 0.1) is 16.0 Å². The molecule has 1 aliphatic heterocycles. The molecule has 2 aromatic rings. The molecular formula is C23H27Cl2N3O2. The van der Waals surface area contributed by atoms with E-state index in [1.54, 1.807) is 6.07 Å². The summed E-state index contributed by atoms with van der Waals surface area (Å²) in [5, 5.41) is 4.10. The minimum absolute atomic E-state index is 0.0174. The molecule has 1 atom stereocenters. The molecule has 0 saturated carbocycles. The highest BCUT2D eigenvalue weighted by Gasteiger charge is 2.24. The fourth-order valence-corrected chi connectivity index (χ4v) is 4.13. The highest BCUT2D eigenvalue weighted by molar-refractivity contribution is 6.42. The molecule has 1 unspecified atom stereocenters. The molecule has 160 valence electrons. The molecular weight excluding hydrogens is 421 g/mol. The zero-order chi connectivity index (χ0) is 21.5. The molecule has 1 heterocycles. The predicted molar refractivity (Wildman–Crippen MR) is 122 cm³/mol. The average molecular weight is 448 g/mol. The van der Waals surface area contributed by atoms with Gasteiger partial charge in [0.15, 0.2) is 0 Å². The van der Waals surface area contributed by atoms with Crippen LogP contribution >= 0.6 is 23.2 Å². The smallest absolute Gasteiger partial charge is 0.224 e. The van der Waals surface area contributed by atoms with Gasteiger partial charge in [0.2, 0.25) is 11.8 Å². The molecule has 1 fully saturated rings. The molecule has 0 spiro atoms. The lowest BCUT2D eigenvalue weighted by atomic mass is 9.97. The summed E-state index contributed by atoms with van der Waals surface area (Å²) in [4.78, 5) is 26.2. The van der Waals surface area contributed by atoms with E-state index in [0.717, 1.165) is 49.0 Å². The van der Waals surface area contributed by atoms with Gasteiger partial charge in [0.25, 0.3) is 0 Å². The standard InChI is InChI=1S/C23H27Cl2N3O2/c24-19-11-10-16(13-20(19)25)5-3-9-22(29)27-21-8-2-1-6-17(21)14-28-12-4-7-18(15-28)23(26)30/h1-2,6,8,10-11,13,18H,3-5,7,9,12,14-15H2,(H2,26,30)(H,27,29). The number of carbonyl (C=O) groups excluding carboxylic acids is 2. The number of benzene rings is 2. The van der Waals surface area contributed by atoms with Crippen LogP contribution in [-0.2, 0) is 22.6 Å². The molecule has 2 aromatic carbocycles. The molecule has 30 heavy (non-hydrogen) atoms. The number of hydrogen-bond donors (Lipinski definition) is 2. The van der Waals surface area contributed by atoms with E-state index >= 15 is 0 Å². The minimum Gasteiger partial charge on any atom is -0.369 e. The Bertz CT molecular complexity index is 904. The van der Waals surface area contributed by atoms with Crippen LogP contribution in [-0.4, -0.2) is 29.8 Å². The van der Waals surface area contributed by atoms with Gasteiger partial charge < -0.3 is 11.1 Å². The number of primary amides is 1. The van der Waals surface area contributed by atoms with E-state index < -0.39 is 0 Å². The van der Waals surface area contributed by atoms with Crippen LogP contribution in [0, 0.1) is 5.92 Å². The van der Waals surface area contributed by atoms with Crippen molar-refractivity contribution in [3.63, 3.8) is 0 Å². The van der Waals surface area contributed by atoms with Crippen LogP contribution in [0.5, 0.6) is 0 Å². The average Bonchev–Trinajstić information content (AvgIpc) is 2.72. The van der Waals surface area contributed by atoms with E-state index in [0.29, 0.717) is 29.6 Å². The molecule has 7 heteroatoms. The van der Waals surface area contributed by atoms with Gasteiger partial charge in [-0.3, -0.25) is 14.5 Å². The molecule has 0 aliphatic carbocycles. The van der Waals surface area contributed by atoms with Gasteiger partial charge in [-0.05, 0) is 61.6 Å². The fraction of sp³-hybridized carbons (Fsp3) is 0.391. The number of anilines is 1. The van der Waals surface area contributed by atoms with Crippen molar-refractivity contribution in [1.29, 1.82) is 0 Å². The monoisotopic (exact) mass is 447 g/mol. The summed E-state index contributed by atoms with van der Waals surface area (Å²) in [5.74, 6) is -0.346. The van der Waals surface area contributed by atoms with Crippen LogP contribution in [0.3, 0.4) is 0 Å². The van der Waals surface area contributed by atoms with Gasteiger partial charge in [-0.25, -0.2) is 0 Å². The van der Waals surface area contributed by atoms with Gasteiger partial charge in [-0.1, -0.05) is 47.5 Å². The fourth-order valence-electron chi connectivity index (χ4n) is 3.81. The number of piperidine rings is 1. The number of amides is 2. The number of rotatable bonds is 8. The second-order valence-corrected chi connectivity index (χ2v) is 8.60. The van der Waals surface area contributed by atoms with E-state index in [1.165, 1.54) is 0 Å². The number of nitrogens with one attached hydrogen (secondary N) is 1. The first-order valence-corrected chi connectivity index (χ1v) is 11.0. The first-order chi connectivity index (χ1) is 14.4. The molecule has 1 aliphatic rings. The summed E-state index contributed by atoms with van der Waals surface area (Å²) in [7, 11) is 0. The topological polar surface area (TPSA) is 75.4 Å². The highest BCUT2D eigenvalue weighted by Crippen LogP contribution is 2.24. The molecule has 5 nitrogen and oxygen atoms in total. The third kappa shape index (κ3) is 6.46. The van der Waals surface area contributed by atoms with Crippen LogP contribution in [0.4, 0.5) is 5.69 Å². The van der Waals surface area contributed by atoms with Gasteiger partial charge in [0, 0.05) is 25.2 Å². The summed E-state index contributed by atoms with van der Waals surface area (Å²) in [6.07, 6.45) is 3.70. The summed E-state index contributed by atoms with van der Waals surface area (Å²) >= 11 is 12.0. The molecule has 0 radical (unpaired) electrons. The Labute approximate surface area is 187 Å². The molecule has 1 saturated heterocycles. The van der Waals surface area contributed by atoms with E-state index in [1.807, 2.05) is 36.4 Å². The molecule has 0 bridgehead atoms. The minimum atomic E-state index is -0.233. The predicted octanol–water partition coefficient (Wildman–Crippen LogP) is 4.65. The third-order valence-electron chi connectivity index (χ3n) is 5.45. The first kappa shape index (κ1) is 22.6. The maximum Gasteiger partial charge on any atom is 0.224 e. The van der Waals surface area contributed by atoms with Gasteiger partial charge in [-0.15, -0.1) is 0 Å². The van der Waals surface area contributed by atoms with E-state index in [2.05, 4.69) is 10.2 Å². The van der Waals surface area contributed by atoms with Gasteiger partial charge in [-0.2, -0.15) is 0 Å². The maximum absolute atomic E-state index is 12.5. The van der Waals surface area contributed by atoms with Gasteiger partial charge >= 0.3 is 0 Å². The molecule has 3 rings (SSSR count). The highest BCUT2D eigenvalue weighted by atomic mass is 35.5. The quantitative estimate of drug-likeness (QED) is 0.617. The largest absolute Gasteiger partial charge is 0.369 e. The van der Waals surface area contributed by atoms with Crippen molar-refractivity contribution < 1.29 is 9.59 Å². The van der Waals surface area contributed by atoms with Crippen molar-refractivity contribution in [1.82, 2.24) is 4.90 Å². The summed E-state index contributed by atoms with van der Waals surface area (Å²) < 4.78 is 0. The van der Waals surface area contributed by atoms with Crippen LogP contribution < -0.4 is 11.1 Å². The lowest BCUT2D eigenvalue weighted by Crippen LogP contribution is -2.40. The van der Waals surface area contributed by atoms with Crippen molar-refractivity contribution in [2.75, 3.05) is 18.4 Å². The molecule has 3 N–H and O–H groups in total. The van der Waals surface area contributed by atoms with Crippen LogP contribution in [0.1, 0.15) is 36.8 Å². The van der Waals surface area contributed by atoms with Crippen LogP contribution in [0.15, 0.2) is 42.5 Å². The zero-order valence-electron chi connectivity index (χ0n) is 16.9. The zero-order valence-corrected chi connectivity index (χ0v) is 18.4. The number of halogens is 2. The number of hydrogen-bond acceptors (Lipinski definition) is 3. The van der Waals surface area contributed by atoms with Crippen LogP contribution in [0.2, 0.25) is 10.0 Å². The Balaban J connectivity index is 1.53. The summed E-state index contributed by atoms with van der Waals surface area (Å²) in [6.45, 7) is 2.28. The Morgan fingerprint density at radius 2 is 1.93 bits per heavy atom. The van der Waals surface area contributed by atoms with Crippen molar-refractivity contribution in [2.24, 2.45) is 11.7 Å². The van der Waals surface area contributed by atoms with Crippen molar-refractivity contribution in [2.45, 2.75) is 38.6 Å². The number of para-hydroxylation sites is 1. The van der Waals surface area contributed by atoms with Crippen molar-refractivity contribution in [3.8, 4) is 0 Å². The van der Waals surface area contributed by atoms with E-state index in [-0.39, 0.29) is 17.7 Å². The van der Waals surface area contributed by atoms with Crippen molar-refractivity contribution >= 4 is 40.7 Å². The molecule has 2 amide bonds. The number of nitrogens with two attached hydrogens (primary N) is 1. The Kier molecular flexibility index (Phi) is 8.14. The third-order valence-corrected chi connectivity index (χ3v) is 6.19. The summed E-state index contributed by atoms with van der Waals surface area (Å²) in [5.41, 5.74) is 8.41. The number of aryl methyl sites for hydroxylation is 1. The van der Waals surface area contributed by atoms with E-state index in [9.17, 15) is 9.59 Å². The Hall–Kier alpha value is -2.08. The van der Waals surface area contributed by atoms with Crippen molar-refractivity contribution in [3.05, 3.63) is 63.6 Å². The molecule has 0 aromatic heterocycles.